The van der Waals surface area contributed by atoms with Crippen LogP contribution in [0.1, 0.15) is 12.0 Å². The first kappa shape index (κ1) is 16.9. The Balaban J connectivity index is 1.47. The maximum absolute atomic E-state index is 12.3. The van der Waals surface area contributed by atoms with E-state index in [1.807, 2.05) is 31.2 Å². The predicted molar refractivity (Wildman–Crippen MR) is 94.0 cm³/mol. The smallest absolute Gasteiger partial charge is 0.227 e. The highest BCUT2D eigenvalue weighted by atomic mass is 16.2. The van der Waals surface area contributed by atoms with Crippen molar-refractivity contribution in [3.8, 4) is 0 Å². The lowest BCUT2D eigenvalue weighted by Gasteiger charge is -2.27. The number of nitrogens with one attached hydrogen (secondary N) is 2. The topological polar surface area (TPSA) is 64.7 Å². The summed E-state index contributed by atoms with van der Waals surface area (Å²) in [4.78, 5) is 28.6. The van der Waals surface area contributed by atoms with E-state index in [2.05, 4.69) is 15.5 Å². The van der Waals surface area contributed by atoms with E-state index in [0.717, 1.165) is 44.0 Å². The minimum Gasteiger partial charge on any atom is -0.355 e. The molecule has 0 spiro atoms. The van der Waals surface area contributed by atoms with Crippen molar-refractivity contribution in [2.75, 3.05) is 50.7 Å². The van der Waals surface area contributed by atoms with Gasteiger partial charge in [-0.05, 0) is 19.1 Å². The van der Waals surface area contributed by atoms with Gasteiger partial charge < -0.3 is 15.5 Å². The quantitative estimate of drug-likeness (QED) is 0.819. The molecular formula is C18H26N4O2. The fourth-order valence-electron chi connectivity index (χ4n) is 3.27. The van der Waals surface area contributed by atoms with Gasteiger partial charge in [0, 0.05) is 57.9 Å². The van der Waals surface area contributed by atoms with E-state index in [9.17, 15) is 9.59 Å². The number of rotatable bonds is 5. The van der Waals surface area contributed by atoms with Crippen molar-refractivity contribution >= 4 is 17.5 Å². The molecule has 0 aliphatic carbocycles. The monoisotopic (exact) mass is 330 g/mol. The molecule has 3 rings (SSSR count). The first-order valence-electron chi connectivity index (χ1n) is 8.71. The minimum absolute atomic E-state index is 0.00639. The summed E-state index contributed by atoms with van der Waals surface area (Å²) in [6.45, 7) is 8.08. The van der Waals surface area contributed by atoms with Crippen LogP contribution < -0.4 is 15.5 Å². The van der Waals surface area contributed by atoms with E-state index < -0.39 is 0 Å². The van der Waals surface area contributed by atoms with Crippen LogP contribution in [0.15, 0.2) is 24.3 Å². The molecule has 0 bridgehead atoms. The standard InChI is InChI=1S/C18H26N4O2/c1-14-2-4-16(5-3-14)22-13-15(12-17(22)23)18(24)20-8-11-21-9-6-19-7-10-21/h2-5,15,19H,6-13H2,1H3,(H,20,24). The highest BCUT2D eigenvalue weighted by molar-refractivity contribution is 6.00. The van der Waals surface area contributed by atoms with Crippen LogP contribution >= 0.6 is 0 Å². The zero-order chi connectivity index (χ0) is 16.9. The molecule has 6 heteroatoms. The SMILES string of the molecule is Cc1ccc(N2CC(C(=O)NCCN3CCNCC3)CC2=O)cc1. The first-order chi connectivity index (χ1) is 11.6. The molecule has 0 radical (unpaired) electrons. The number of hydrogen-bond donors (Lipinski definition) is 2. The average Bonchev–Trinajstić information content (AvgIpc) is 2.98. The van der Waals surface area contributed by atoms with Gasteiger partial charge >= 0.3 is 0 Å². The molecule has 2 amide bonds. The predicted octanol–water partition coefficient (Wildman–Crippen LogP) is 0.369. The molecule has 2 aliphatic rings. The maximum Gasteiger partial charge on any atom is 0.227 e. The lowest BCUT2D eigenvalue weighted by Crippen LogP contribution is -2.46. The largest absolute Gasteiger partial charge is 0.355 e. The molecule has 0 saturated carbocycles. The van der Waals surface area contributed by atoms with Gasteiger partial charge in [-0.25, -0.2) is 0 Å². The molecule has 2 saturated heterocycles. The number of nitrogens with zero attached hydrogens (tertiary/aromatic N) is 2. The maximum atomic E-state index is 12.3. The summed E-state index contributed by atoms with van der Waals surface area (Å²) < 4.78 is 0. The van der Waals surface area contributed by atoms with Crippen LogP contribution in [-0.2, 0) is 9.59 Å². The summed E-state index contributed by atoms with van der Waals surface area (Å²) in [5, 5.41) is 6.31. The lowest BCUT2D eigenvalue weighted by atomic mass is 10.1. The number of aryl methyl sites for hydroxylation is 1. The highest BCUT2D eigenvalue weighted by Crippen LogP contribution is 2.25. The number of amides is 2. The van der Waals surface area contributed by atoms with Crippen LogP contribution in [0, 0.1) is 12.8 Å². The Morgan fingerprint density at radius 1 is 1.25 bits per heavy atom. The van der Waals surface area contributed by atoms with Crippen molar-refractivity contribution in [1.82, 2.24) is 15.5 Å². The van der Waals surface area contributed by atoms with Gasteiger partial charge in [-0.2, -0.15) is 0 Å². The van der Waals surface area contributed by atoms with Gasteiger partial charge in [0.15, 0.2) is 0 Å². The van der Waals surface area contributed by atoms with Crippen LogP contribution in [0.3, 0.4) is 0 Å². The molecule has 2 heterocycles. The lowest BCUT2D eigenvalue weighted by molar-refractivity contribution is -0.126. The van der Waals surface area contributed by atoms with Crippen molar-refractivity contribution in [3.63, 3.8) is 0 Å². The Kier molecular flexibility index (Phi) is 5.48. The third-order valence-corrected chi connectivity index (χ3v) is 4.78. The van der Waals surface area contributed by atoms with E-state index >= 15 is 0 Å². The van der Waals surface area contributed by atoms with E-state index in [-0.39, 0.29) is 17.7 Å². The average molecular weight is 330 g/mol. The Bertz CT molecular complexity index is 581. The summed E-state index contributed by atoms with van der Waals surface area (Å²) in [7, 11) is 0. The summed E-state index contributed by atoms with van der Waals surface area (Å²) in [6.07, 6.45) is 0.299. The zero-order valence-electron chi connectivity index (χ0n) is 14.3. The number of piperazine rings is 1. The second kappa shape index (κ2) is 7.77. The minimum atomic E-state index is -0.248. The third kappa shape index (κ3) is 4.13. The third-order valence-electron chi connectivity index (χ3n) is 4.78. The van der Waals surface area contributed by atoms with Crippen LogP contribution in [0.5, 0.6) is 0 Å². The van der Waals surface area contributed by atoms with Gasteiger partial charge in [0.05, 0.1) is 5.92 Å². The van der Waals surface area contributed by atoms with Gasteiger partial charge in [0.25, 0.3) is 0 Å². The molecule has 2 fully saturated rings. The van der Waals surface area contributed by atoms with Crippen LogP contribution in [-0.4, -0.2) is 62.5 Å². The molecule has 130 valence electrons. The normalized spacial score (nSPS) is 22.0. The number of carbonyl (C=O) groups is 2. The highest BCUT2D eigenvalue weighted by Gasteiger charge is 2.34. The van der Waals surface area contributed by atoms with Gasteiger partial charge in [0.2, 0.25) is 11.8 Å². The van der Waals surface area contributed by atoms with Crippen LogP contribution in [0.25, 0.3) is 0 Å². The molecule has 1 aromatic carbocycles. The summed E-state index contributed by atoms with van der Waals surface area (Å²) in [5.74, 6) is -0.226. The molecular weight excluding hydrogens is 304 g/mol. The van der Waals surface area contributed by atoms with Crippen LogP contribution in [0.2, 0.25) is 0 Å². The molecule has 1 atom stereocenters. The van der Waals surface area contributed by atoms with Crippen molar-refractivity contribution < 1.29 is 9.59 Å². The Morgan fingerprint density at radius 2 is 1.96 bits per heavy atom. The Hall–Kier alpha value is -1.92. The van der Waals surface area contributed by atoms with Gasteiger partial charge in [-0.3, -0.25) is 14.5 Å². The molecule has 2 aliphatic heterocycles. The molecule has 0 aromatic heterocycles. The Labute approximate surface area is 143 Å². The fraction of sp³-hybridized carbons (Fsp3) is 0.556. The van der Waals surface area contributed by atoms with Gasteiger partial charge in [0.1, 0.15) is 0 Å². The van der Waals surface area contributed by atoms with Crippen molar-refractivity contribution in [2.24, 2.45) is 5.92 Å². The molecule has 6 nitrogen and oxygen atoms in total. The molecule has 1 aromatic rings. The first-order valence-corrected chi connectivity index (χ1v) is 8.71. The second-order valence-electron chi connectivity index (χ2n) is 6.62. The van der Waals surface area contributed by atoms with E-state index in [0.29, 0.717) is 19.5 Å². The number of anilines is 1. The summed E-state index contributed by atoms with van der Waals surface area (Å²) >= 11 is 0. The number of carbonyl (C=O) groups excluding carboxylic acids is 2. The number of benzene rings is 1. The molecule has 24 heavy (non-hydrogen) atoms. The molecule has 2 N–H and O–H groups in total. The summed E-state index contributed by atoms with van der Waals surface area (Å²) in [6, 6.07) is 7.86. The number of hydrogen-bond acceptors (Lipinski definition) is 4. The van der Waals surface area contributed by atoms with Crippen molar-refractivity contribution in [3.05, 3.63) is 29.8 Å². The van der Waals surface area contributed by atoms with Crippen molar-refractivity contribution in [2.45, 2.75) is 13.3 Å². The van der Waals surface area contributed by atoms with Gasteiger partial charge in [-0.1, -0.05) is 17.7 Å². The molecule has 1 unspecified atom stereocenters. The van der Waals surface area contributed by atoms with Gasteiger partial charge in [-0.15, -0.1) is 0 Å². The Morgan fingerprint density at radius 3 is 2.67 bits per heavy atom. The fourth-order valence-corrected chi connectivity index (χ4v) is 3.27. The zero-order valence-corrected chi connectivity index (χ0v) is 14.3. The van der Waals surface area contributed by atoms with E-state index in [1.54, 1.807) is 4.90 Å². The van der Waals surface area contributed by atoms with E-state index in [1.165, 1.54) is 0 Å². The van der Waals surface area contributed by atoms with Crippen molar-refractivity contribution in [1.29, 1.82) is 0 Å². The summed E-state index contributed by atoms with van der Waals surface area (Å²) in [5.41, 5.74) is 2.04. The second-order valence-corrected chi connectivity index (χ2v) is 6.62. The van der Waals surface area contributed by atoms with E-state index in [4.69, 9.17) is 0 Å². The van der Waals surface area contributed by atoms with Crippen LogP contribution in [0.4, 0.5) is 5.69 Å².